The third-order valence-electron chi connectivity index (χ3n) is 12.8. The Kier molecular flexibility index (Phi) is 11.5. The Bertz CT molecular complexity index is 2770. The molecule has 0 N–H and O–H groups in total. The van der Waals surface area contributed by atoms with Crippen molar-refractivity contribution in [3.8, 4) is 11.5 Å². The molecule has 0 radical (unpaired) electrons. The Balaban J connectivity index is 1.08. The molecule has 0 atom stereocenters. The second kappa shape index (κ2) is 17.8. The SMILES string of the molecule is O=S(=O)(c1ccc(OP(c2ccccc2)(c2ccccc2)(c2ccccc2)c2ccccc2)cc1)c1ccc(OP(c2ccccc2)(c2ccccc2)(c2ccccc2)c2ccccc2)cc1. The number of hydrogen-bond donors (Lipinski definition) is 0. The summed E-state index contributed by atoms with van der Waals surface area (Å²) in [6.45, 7) is -8.10. The standard InChI is InChI=1S/C60H48O4P2S/c61-67(62,59-45-41-49(42-46-59)63-65(51-25-9-1-10-26-51,52-27-11-2-12-28-52,53-29-13-3-14-30-53)54-31-15-4-16-32-54)60-47-43-50(44-48-60)64-66(55-33-17-5-18-34-55,56-35-19-6-20-36-56,57-37-21-7-22-38-57)58-39-23-8-24-40-58/h1-48H. The predicted octanol–water partition coefficient (Wildman–Crippen LogP) is 10.8. The van der Waals surface area contributed by atoms with Gasteiger partial charge in [-0.3, -0.25) is 0 Å². The van der Waals surface area contributed by atoms with Gasteiger partial charge in [-0.15, -0.1) is 0 Å². The molecule has 0 aliphatic rings. The zero-order chi connectivity index (χ0) is 45.7. The van der Waals surface area contributed by atoms with E-state index in [0.717, 1.165) is 42.4 Å². The molecule has 0 bridgehead atoms. The van der Waals surface area contributed by atoms with Crippen LogP contribution in [0.3, 0.4) is 0 Å². The molecule has 0 heterocycles. The summed E-state index contributed by atoms with van der Waals surface area (Å²) < 4.78 is 44.8. The van der Waals surface area contributed by atoms with Crippen LogP contribution >= 0.6 is 13.7 Å². The fraction of sp³-hybridized carbons (Fsp3) is 0. The second-order valence-electron chi connectivity index (χ2n) is 16.4. The number of rotatable bonds is 14. The van der Waals surface area contributed by atoms with Crippen molar-refractivity contribution in [2.45, 2.75) is 9.79 Å². The van der Waals surface area contributed by atoms with Crippen molar-refractivity contribution in [3.63, 3.8) is 0 Å². The van der Waals surface area contributed by atoms with E-state index < -0.39 is 23.5 Å². The van der Waals surface area contributed by atoms with Gasteiger partial charge in [0, 0.05) is 0 Å². The first-order chi connectivity index (χ1) is 32.9. The van der Waals surface area contributed by atoms with E-state index in [9.17, 15) is 8.42 Å². The predicted molar refractivity (Wildman–Crippen MR) is 282 cm³/mol. The van der Waals surface area contributed by atoms with Crippen molar-refractivity contribution in [1.82, 2.24) is 0 Å². The van der Waals surface area contributed by atoms with Crippen molar-refractivity contribution < 1.29 is 17.5 Å². The number of sulfone groups is 1. The first-order valence-corrected chi connectivity index (χ1v) is 28.0. The summed E-state index contributed by atoms with van der Waals surface area (Å²) >= 11 is 0. The minimum absolute atomic E-state index is 0.148. The molecular weight excluding hydrogens is 879 g/mol. The molecule has 10 aromatic rings. The van der Waals surface area contributed by atoms with Crippen LogP contribution in [0.2, 0.25) is 0 Å². The van der Waals surface area contributed by atoms with Crippen LogP contribution in [0.25, 0.3) is 0 Å². The summed E-state index contributed by atoms with van der Waals surface area (Å²) in [6, 6.07) is 97.0. The Morgan fingerprint density at radius 2 is 0.388 bits per heavy atom. The van der Waals surface area contributed by atoms with Gasteiger partial charge < -0.3 is 0 Å². The van der Waals surface area contributed by atoms with Gasteiger partial charge in [-0.25, -0.2) is 0 Å². The van der Waals surface area contributed by atoms with Crippen molar-refractivity contribution in [2.24, 2.45) is 0 Å². The van der Waals surface area contributed by atoms with Crippen molar-refractivity contribution in [1.29, 1.82) is 0 Å². The van der Waals surface area contributed by atoms with Crippen LogP contribution in [0.15, 0.2) is 301 Å². The molecule has 0 unspecified atom stereocenters. The monoisotopic (exact) mass is 926 g/mol. The Hall–Kier alpha value is -7.39. The van der Waals surface area contributed by atoms with E-state index in [1.54, 1.807) is 48.5 Å². The first kappa shape index (κ1) is 43.5. The summed E-state index contributed by atoms with van der Waals surface area (Å²) in [6.07, 6.45) is 0. The molecule has 4 nitrogen and oxygen atoms in total. The summed E-state index contributed by atoms with van der Waals surface area (Å²) in [5.74, 6) is 1.08. The summed E-state index contributed by atoms with van der Waals surface area (Å²) in [4.78, 5) is 0.295. The molecule has 0 saturated carbocycles. The topological polar surface area (TPSA) is 52.6 Å². The van der Waals surface area contributed by atoms with E-state index in [0.29, 0.717) is 11.5 Å². The second-order valence-corrected chi connectivity index (χ2v) is 27.0. The van der Waals surface area contributed by atoms with Gasteiger partial charge in [-0.05, 0) is 0 Å². The summed E-state index contributed by atoms with van der Waals surface area (Å²) in [5, 5.41) is 8.14. The van der Waals surface area contributed by atoms with E-state index in [4.69, 9.17) is 9.05 Å². The zero-order valence-corrected chi connectivity index (χ0v) is 39.3. The van der Waals surface area contributed by atoms with Gasteiger partial charge in [0.1, 0.15) is 0 Å². The summed E-state index contributed by atoms with van der Waals surface area (Å²) in [5.41, 5.74) is 0. The Morgan fingerprint density at radius 1 is 0.224 bits per heavy atom. The van der Waals surface area contributed by atoms with Crippen LogP contribution in [0.1, 0.15) is 0 Å². The normalized spacial score (nSPS) is 13.0. The average Bonchev–Trinajstić information content (AvgIpc) is 3.42. The molecule has 67 heavy (non-hydrogen) atoms. The zero-order valence-electron chi connectivity index (χ0n) is 36.6. The fourth-order valence-corrected chi connectivity index (χ4v) is 22.5. The molecular formula is C60H48O4P2S. The molecule has 0 amide bonds. The first-order valence-electron chi connectivity index (χ1n) is 22.2. The van der Waals surface area contributed by atoms with E-state index in [-0.39, 0.29) is 9.79 Å². The summed E-state index contributed by atoms with van der Waals surface area (Å²) in [7, 11) is -4.00. The van der Waals surface area contributed by atoms with Gasteiger partial charge in [0.15, 0.2) is 0 Å². The average molecular weight is 927 g/mol. The number of hydrogen-bond acceptors (Lipinski definition) is 4. The van der Waals surface area contributed by atoms with Crippen LogP contribution < -0.4 is 51.5 Å². The molecule has 328 valence electrons. The van der Waals surface area contributed by atoms with E-state index in [1.165, 1.54) is 0 Å². The minimum atomic E-state index is -4.05. The molecule has 0 spiro atoms. The van der Waals surface area contributed by atoms with Crippen molar-refractivity contribution in [2.75, 3.05) is 0 Å². The third-order valence-corrected chi connectivity index (χ3v) is 26.0. The number of benzene rings is 10. The van der Waals surface area contributed by atoms with E-state index >= 15 is 0 Å². The van der Waals surface area contributed by atoms with Gasteiger partial charge >= 0.3 is 396 Å². The molecule has 7 heteroatoms. The van der Waals surface area contributed by atoms with Crippen molar-refractivity contribution in [3.05, 3.63) is 291 Å². The third kappa shape index (κ3) is 6.93. The van der Waals surface area contributed by atoms with Gasteiger partial charge in [0.05, 0.1) is 0 Å². The molecule has 0 aliphatic heterocycles. The van der Waals surface area contributed by atoms with Crippen LogP contribution in [-0.4, -0.2) is 8.42 Å². The molecule has 10 rings (SSSR count). The van der Waals surface area contributed by atoms with Crippen LogP contribution in [0.5, 0.6) is 11.5 Å². The fourth-order valence-electron chi connectivity index (χ4n) is 9.83. The van der Waals surface area contributed by atoms with Crippen LogP contribution in [-0.2, 0) is 9.84 Å². The van der Waals surface area contributed by atoms with E-state index in [2.05, 4.69) is 194 Å². The maximum atomic E-state index is 14.7. The van der Waals surface area contributed by atoms with E-state index in [1.807, 2.05) is 48.5 Å². The van der Waals surface area contributed by atoms with Crippen LogP contribution in [0.4, 0.5) is 0 Å². The quantitative estimate of drug-likeness (QED) is 0.102. The van der Waals surface area contributed by atoms with Crippen LogP contribution in [0, 0.1) is 0 Å². The Morgan fingerprint density at radius 3 is 0.552 bits per heavy atom. The Labute approximate surface area is 393 Å². The van der Waals surface area contributed by atoms with Gasteiger partial charge in [-0.2, -0.15) is 0 Å². The molecule has 10 aromatic carbocycles. The van der Waals surface area contributed by atoms with Gasteiger partial charge in [-0.1, -0.05) is 0 Å². The maximum absolute atomic E-state index is 14.7. The molecule has 0 aliphatic carbocycles. The molecule has 0 saturated heterocycles. The van der Waals surface area contributed by atoms with Crippen molar-refractivity contribution >= 4 is 65.9 Å². The van der Waals surface area contributed by atoms with Gasteiger partial charge in [0.25, 0.3) is 0 Å². The molecule has 0 aromatic heterocycles. The molecule has 0 fully saturated rings. The van der Waals surface area contributed by atoms with Gasteiger partial charge in [0.2, 0.25) is 0 Å².